The SMILES string of the molecule is CC[C@H](C(=O)NC1CCCCC1)N(Cc1cccc(C)c1)C(=O)COc1ccccc1OC. The second-order valence-electron chi connectivity index (χ2n) is 8.72. The first-order valence-electron chi connectivity index (χ1n) is 11.9. The molecule has 1 aliphatic rings. The molecular formula is C27H36N2O4. The number of nitrogens with zero attached hydrogens (tertiary/aromatic N) is 1. The summed E-state index contributed by atoms with van der Waals surface area (Å²) in [6.45, 7) is 4.15. The van der Waals surface area contributed by atoms with Gasteiger partial charge in [-0.2, -0.15) is 0 Å². The van der Waals surface area contributed by atoms with E-state index in [0.29, 0.717) is 24.5 Å². The summed E-state index contributed by atoms with van der Waals surface area (Å²) in [5.41, 5.74) is 2.11. The minimum Gasteiger partial charge on any atom is -0.493 e. The predicted molar refractivity (Wildman–Crippen MR) is 129 cm³/mol. The van der Waals surface area contributed by atoms with Gasteiger partial charge in [0.05, 0.1) is 7.11 Å². The van der Waals surface area contributed by atoms with Crippen molar-refractivity contribution in [3.05, 3.63) is 59.7 Å². The third-order valence-electron chi connectivity index (χ3n) is 6.19. The van der Waals surface area contributed by atoms with Gasteiger partial charge >= 0.3 is 0 Å². The lowest BCUT2D eigenvalue weighted by Gasteiger charge is -2.32. The lowest BCUT2D eigenvalue weighted by Crippen LogP contribution is -2.52. The topological polar surface area (TPSA) is 67.9 Å². The molecule has 2 aromatic rings. The van der Waals surface area contributed by atoms with Gasteiger partial charge in [0.1, 0.15) is 6.04 Å². The number of rotatable bonds is 10. The van der Waals surface area contributed by atoms with Crippen LogP contribution in [0.15, 0.2) is 48.5 Å². The molecule has 0 aliphatic heterocycles. The zero-order chi connectivity index (χ0) is 23.6. The maximum atomic E-state index is 13.4. The summed E-state index contributed by atoms with van der Waals surface area (Å²) in [6.07, 6.45) is 6.04. The second kappa shape index (κ2) is 12.3. The van der Waals surface area contributed by atoms with E-state index < -0.39 is 6.04 Å². The van der Waals surface area contributed by atoms with Crippen molar-refractivity contribution in [2.45, 2.75) is 71.0 Å². The van der Waals surface area contributed by atoms with E-state index in [1.54, 1.807) is 24.1 Å². The summed E-state index contributed by atoms with van der Waals surface area (Å²) in [5, 5.41) is 3.20. The summed E-state index contributed by atoms with van der Waals surface area (Å²) in [4.78, 5) is 28.3. The Kier molecular flexibility index (Phi) is 9.16. The summed E-state index contributed by atoms with van der Waals surface area (Å²) in [7, 11) is 1.57. The molecule has 6 heteroatoms. The van der Waals surface area contributed by atoms with Crippen molar-refractivity contribution in [2.24, 2.45) is 0 Å². The molecule has 0 unspecified atom stereocenters. The Morgan fingerprint density at radius 3 is 2.45 bits per heavy atom. The average molecular weight is 453 g/mol. The fourth-order valence-electron chi connectivity index (χ4n) is 4.43. The smallest absolute Gasteiger partial charge is 0.261 e. The maximum Gasteiger partial charge on any atom is 0.261 e. The Morgan fingerprint density at radius 2 is 1.79 bits per heavy atom. The van der Waals surface area contributed by atoms with Crippen molar-refractivity contribution in [2.75, 3.05) is 13.7 Å². The summed E-state index contributed by atoms with van der Waals surface area (Å²) < 4.78 is 11.1. The average Bonchev–Trinajstić information content (AvgIpc) is 2.83. The number of nitrogens with one attached hydrogen (secondary N) is 1. The van der Waals surface area contributed by atoms with Crippen molar-refractivity contribution in [3.8, 4) is 11.5 Å². The fraction of sp³-hybridized carbons (Fsp3) is 0.481. The van der Waals surface area contributed by atoms with E-state index in [9.17, 15) is 9.59 Å². The van der Waals surface area contributed by atoms with Gasteiger partial charge in [0.15, 0.2) is 18.1 Å². The molecule has 0 spiro atoms. The van der Waals surface area contributed by atoms with E-state index in [2.05, 4.69) is 5.32 Å². The van der Waals surface area contributed by atoms with Crippen LogP contribution in [-0.4, -0.2) is 42.5 Å². The van der Waals surface area contributed by atoms with Crippen LogP contribution in [0.5, 0.6) is 11.5 Å². The Morgan fingerprint density at radius 1 is 1.06 bits per heavy atom. The lowest BCUT2D eigenvalue weighted by molar-refractivity contribution is -0.143. The Balaban J connectivity index is 1.77. The molecule has 178 valence electrons. The van der Waals surface area contributed by atoms with Crippen LogP contribution < -0.4 is 14.8 Å². The number of benzene rings is 2. The second-order valence-corrected chi connectivity index (χ2v) is 8.72. The number of amides is 2. The standard InChI is InChI=1S/C27H36N2O4/c1-4-23(27(31)28-22-13-6-5-7-14-22)29(18-21-12-10-11-20(2)17-21)26(30)19-33-25-16-9-8-15-24(25)32-3/h8-12,15-17,22-23H,4-7,13-14,18-19H2,1-3H3,(H,28,31)/t23-/m1/s1. The van der Waals surface area contributed by atoms with E-state index in [1.165, 1.54) is 6.42 Å². The molecule has 0 radical (unpaired) electrons. The molecule has 33 heavy (non-hydrogen) atoms. The summed E-state index contributed by atoms with van der Waals surface area (Å²) >= 11 is 0. The zero-order valence-electron chi connectivity index (χ0n) is 20.0. The number of carbonyl (C=O) groups is 2. The molecule has 0 heterocycles. The number of carbonyl (C=O) groups excluding carboxylic acids is 2. The normalized spacial score (nSPS) is 14.9. The first-order chi connectivity index (χ1) is 16.0. The lowest BCUT2D eigenvalue weighted by atomic mass is 9.95. The van der Waals surface area contributed by atoms with E-state index in [1.807, 2.05) is 50.2 Å². The highest BCUT2D eigenvalue weighted by molar-refractivity contribution is 5.88. The first kappa shape index (κ1) is 24.6. The monoisotopic (exact) mass is 452 g/mol. The van der Waals surface area contributed by atoms with Crippen LogP contribution in [0.25, 0.3) is 0 Å². The van der Waals surface area contributed by atoms with E-state index in [4.69, 9.17) is 9.47 Å². The molecular weight excluding hydrogens is 416 g/mol. The van der Waals surface area contributed by atoms with E-state index >= 15 is 0 Å². The Labute approximate surface area is 197 Å². The van der Waals surface area contributed by atoms with Crippen molar-refractivity contribution in [1.82, 2.24) is 10.2 Å². The van der Waals surface area contributed by atoms with E-state index in [0.717, 1.165) is 36.8 Å². The van der Waals surface area contributed by atoms with Gasteiger partial charge in [-0.1, -0.05) is 68.1 Å². The molecule has 0 bridgehead atoms. The molecule has 2 amide bonds. The van der Waals surface area contributed by atoms with Crippen LogP contribution in [0.2, 0.25) is 0 Å². The van der Waals surface area contributed by atoms with E-state index in [-0.39, 0.29) is 24.5 Å². The van der Waals surface area contributed by atoms with Gasteiger partial charge in [-0.25, -0.2) is 0 Å². The van der Waals surface area contributed by atoms with Crippen LogP contribution in [0.4, 0.5) is 0 Å². The highest BCUT2D eigenvalue weighted by Gasteiger charge is 2.30. The van der Waals surface area contributed by atoms with Gasteiger partial charge in [-0.3, -0.25) is 9.59 Å². The van der Waals surface area contributed by atoms with Gasteiger partial charge in [0, 0.05) is 12.6 Å². The minimum absolute atomic E-state index is 0.0808. The van der Waals surface area contributed by atoms with Crippen LogP contribution in [0.1, 0.15) is 56.6 Å². The molecule has 1 fully saturated rings. The Bertz CT molecular complexity index is 924. The number of ether oxygens (including phenoxy) is 2. The fourth-order valence-corrected chi connectivity index (χ4v) is 4.43. The molecule has 0 saturated heterocycles. The highest BCUT2D eigenvalue weighted by Crippen LogP contribution is 2.26. The molecule has 1 atom stereocenters. The molecule has 0 aromatic heterocycles. The first-order valence-corrected chi connectivity index (χ1v) is 11.9. The molecule has 3 rings (SSSR count). The quantitative estimate of drug-likeness (QED) is 0.570. The van der Waals surface area contributed by atoms with Gasteiger partial charge in [0.25, 0.3) is 5.91 Å². The van der Waals surface area contributed by atoms with Crippen molar-refractivity contribution in [3.63, 3.8) is 0 Å². The summed E-state index contributed by atoms with van der Waals surface area (Å²) in [5.74, 6) is 0.761. The molecule has 1 N–H and O–H groups in total. The number of methoxy groups -OCH3 is 1. The van der Waals surface area contributed by atoms with Crippen molar-refractivity contribution >= 4 is 11.8 Å². The van der Waals surface area contributed by atoms with Crippen LogP contribution in [0, 0.1) is 6.92 Å². The van der Waals surface area contributed by atoms with Gasteiger partial charge in [-0.15, -0.1) is 0 Å². The molecule has 6 nitrogen and oxygen atoms in total. The van der Waals surface area contributed by atoms with Gasteiger partial charge in [0.2, 0.25) is 5.91 Å². The van der Waals surface area contributed by atoms with Crippen LogP contribution in [0.3, 0.4) is 0 Å². The minimum atomic E-state index is -0.554. The molecule has 1 saturated carbocycles. The third-order valence-corrected chi connectivity index (χ3v) is 6.19. The number of aryl methyl sites for hydroxylation is 1. The highest BCUT2D eigenvalue weighted by atomic mass is 16.5. The number of hydrogen-bond donors (Lipinski definition) is 1. The number of hydrogen-bond acceptors (Lipinski definition) is 4. The van der Waals surface area contributed by atoms with Crippen molar-refractivity contribution in [1.29, 1.82) is 0 Å². The maximum absolute atomic E-state index is 13.4. The number of para-hydroxylation sites is 2. The van der Waals surface area contributed by atoms with Crippen LogP contribution >= 0.6 is 0 Å². The largest absolute Gasteiger partial charge is 0.493 e. The van der Waals surface area contributed by atoms with Gasteiger partial charge < -0.3 is 19.7 Å². The van der Waals surface area contributed by atoms with Crippen LogP contribution in [-0.2, 0) is 16.1 Å². The Hall–Kier alpha value is -3.02. The molecule has 1 aliphatic carbocycles. The van der Waals surface area contributed by atoms with Crippen molar-refractivity contribution < 1.29 is 19.1 Å². The third kappa shape index (κ3) is 6.98. The van der Waals surface area contributed by atoms with Gasteiger partial charge in [-0.05, 0) is 43.9 Å². The predicted octanol–water partition coefficient (Wildman–Crippen LogP) is 4.64. The molecule has 2 aromatic carbocycles. The zero-order valence-corrected chi connectivity index (χ0v) is 20.0. The summed E-state index contributed by atoms with van der Waals surface area (Å²) in [6, 6.07) is 14.9.